The third kappa shape index (κ3) is 1.67. The summed E-state index contributed by atoms with van der Waals surface area (Å²) in [7, 11) is 1.88. The van der Waals surface area contributed by atoms with Crippen LogP contribution >= 0.6 is 11.3 Å². The van der Waals surface area contributed by atoms with Gasteiger partial charge in [0.2, 0.25) is 5.13 Å². The van der Waals surface area contributed by atoms with E-state index in [4.69, 9.17) is 5.73 Å². The van der Waals surface area contributed by atoms with E-state index in [2.05, 4.69) is 15.5 Å². The van der Waals surface area contributed by atoms with Crippen molar-refractivity contribution in [3.63, 3.8) is 0 Å². The molecule has 14 heavy (non-hydrogen) atoms. The number of benzene rings is 1. The monoisotopic (exact) mass is 206 g/mol. The molecule has 0 aliphatic carbocycles. The van der Waals surface area contributed by atoms with Crippen LogP contribution in [0.5, 0.6) is 0 Å². The van der Waals surface area contributed by atoms with Gasteiger partial charge in [-0.2, -0.15) is 0 Å². The van der Waals surface area contributed by atoms with Gasteiger partial charge in [-0.25, -0.2) is 0 Å². The van der Waals surface area contributed by atoms with E-state index in [-0.39, 0.29) is 0 Å². The number of nitrogens with zero attached hydrogens (tertiary/aromatic N) is 2. The van der Waals surface area contributed by atoms with Crippen molar-refractivity contribution in [3.8, 4) is 10.6 Å². The van der Waals surface area contributed by atoms with Crippen LogP contribution in [0.2, 0.25) is 0 Å². The summed E-state index contributed by atoms with van der Waals surface area (Å²) in [4.78, 5) is 0. The Hall–Kier alpha value is -1.62. The highest BCUT2D eigenvalue weighted by Gasteiger charge is 2.04. The second kappa shape index (κ2) is 3.63. The van der Waals surface area contributed by atoms with Gasteiger partial charge in [-0.15, -0.1) is 10.2 Å². The van der Waals surface area contributed by atoms with Crippen LogP contribution < -0.4 is 11.1 Å². The third-order valence-corrected chi connectivity index (χ3v) is 2.64. The molecular formula is C9H10N4S. The fourth-order valence-electron chi connectivity index (χ4n) is 1.16. The molecule has 0 radical (unpaired) electrons. The maximum Gasteiger partial charge on any atom is 0.203 e. The first-order chi connectivity index (χ1) is 6.79. The molecule has 3 N–H and O–H groups in total. The molecule has 2 rings (SSSR count). The first-order valence-electron chi connectivity index (χ1n) is 4.17. The standard InChI is InChI=1S/C9H10N4S/c1-11-7-4-2-3-6(5-7)8-12-13-9(10)14-8/h2-5,11H,1H3,(H2,10,13). The van der Waals surface area contributed by atoms with Crippen LogP contribution in [0.15, 0.2) is 24.3 Å². The number of rotatable bonds is 2. The molecule has 0 aliphatic rings. The van der Waals surface area contributed by atoms with Gasteiger partial charge in [0.1, 0.15) is 5.01 Å². The Morgan fingerprint density at radius 3 is 2.86 bits per heavy atom. The lowest BCUT2D eigenvalue weighted by Crippen LogP contribution is -1.87. The number of aromatic nitrogens is 2. The van der Waals surface area contributed by atoms with Gasteiger partial charge in [0.05, 0.1) is 0 Å². The molecule has 5 heteroatoms. The smallest absolute Gasteiger partial charge is 0.203 e. The topological polar surface area (TPSA) is 63.8 Å². The summed E-state index contributed by atoms with van der Waals surface area (Å²) in [6.07, 6.45) is 0. The molecule has 0 saturated heterocycles. The van der Waals surface area contributed by atoms with Crippen molar-refractivity contribution in [2.45, 2.75) is 0 Å². The van der Waals surface area contributed by atoms with Gasteiger partial charge in [-0.05, 0) is 12.1 Å². The zero-order valence-corrected chi connectivity index (χ0v) is 8.51. The predicted octanol–water partition coefficient (Wildman–Crippen LogP) is 1.83. The molecular weight excluding hydrogens is 196 g/mol. The Morgan fingerprint density at radius 2 is 2.21 bits per heavy atom. The third-order valence-electron chi connectivity index (χ3n) is 1.84. The lowest BCUT2D eigenvalue weighted by Gasteiger charge is -2.00. The normalized spacial score (nSPS) is 10.1. The van der Waals surface area contributed by atoms with Gasteiger partial charge in [0.25, 0.3) is 0 Å². The van der Waals surface area contributed by atoms with E-state index >= 15 is 0 Å². The fraction of sp³-hybridized carbons (Fsp3) is 0.111. The zero-order chi connectivity index (χ0) is 9.97. The lowest BCUT2D eigenvalue weighted by molar-refractivity contribution is 1.10. The van der Waals surface area contributed by atoms with Gasteiger partial charge < -0.3 is 11.1 Å². The summed E-state index contributed by atoms with van der Waals surface area (Å²) < 4.78 is 0. The van der Waals surface area contributed by atoms with Crippen molar-refractivity contribution in [2.24, 2.45) is 0 Å². The Bertz CT molecular complexity index is 438. The molecule has 0 fully saturated rings. The maximum atomic E-state index is 5.52. The molecule has 0 spiro atoms. The minimum absolute atomic E-state index is 0.495. The lowest BCUT2D eigenvalue weighted by atomic mass is 10.2. The van der Waals surface area contributed by atoms with Crippen LogP contribution in [0.3, 0.4) is 0 Å². The molecule has 0 unspecified atom stereocenters. The molecule has 0 amide bonds. The van der Waals surface area contributed by atoms with Crippen LogP contribution in [0, 0.1) is 0 Å². The highest BCUT2D eigenvalue weighted by molar-refractivity contribution is 7.18. The van der Waals surface area contributed by atoms with Crippen molar-refractivity contribution >= 4 is 22.2 Å². The number of nitrogen functional groups attached to an aromatic ring is 1. The number of hydrogen-bond donors (Lipinski definition) is 2. The second-order valence-electron chi connectivity index (χ2n) is 2.78. The van der Waals surface area contributed by atoms with Crippen molar-refractivity contribution < 1.29 is 0 Å². The Morgan fingerprint density at radius 1 is 1.36 bits per heavy atom. The first-order valence-corrected chi connectivity index (χ1v) is 4.98. The van der Waals surface area contributed by atoms with E-state index in [0.29, 0.717) is 5.13 Å². The minimum Gasteiger partial charge on any atom is -0.388 e. The summed E-state index contributed by atoms with van der Waals surface area (Å²) in [6, 6.07) is 7.97. The largest absolute Gasteiger partial charge is 0.388 e. The summed E-state index contributed by atoms with van der Waals surface area (Å²) in [5.74, 6) is 0. The minimum atomic E-state index is 0.495. The van der Waals surface area contributed by atoms with Gasteiger partial charge in [0.15, 0.2) is 0 Å². The SMILES string of the molecule is CNc1cccc(-c2nnc(N)s2)c1. The van der Waals surface area contributed by atoms with E-state index in [1.807, 2.05) is 31.3 Å². The number of nitrogens with two attached hydrogens (primary N) is 1. The molecule has 0 bridgehead atoms. The number of hydrogen-bond acceptors (Lipinski definition) is 5. The summed E-state index contributed by atoms with van der Waals surface area (Å²) in [6.45, 7) is 0. The summed E-state index contributed by atoms with van der Waals surface area (Å²) >= 11 is 1.39. The number of anilines is 2. The quantitative estimate of drug-likeness (QED) is 0.786. The highest BCUT2D eigenvalue weighted by Crippen LogP contribution is 2.26. The molecule has 4 nitrogen and oxygen atoms in total. The molecule has 1 heterocycles. The van der Waals surface area contributed by atoms with Crippen molar-refractivity contribution in [3.05, 3.63) is 24.3 Å². The van der Waals surface area contributed by atoms with Crippen LogP contribution in [0.1, 0.15) is 0 Å². The van der Waals surface area contributed by atoms with E-state index in [1.165, 1.54) is 11.3 Å². The van der Waals surface area contributed by atoms with Gasteiger partial charge in [-0.3, -0.25) is 0 Å². The number of nitrogens with one attached hydrogen (secondary N) is 1. The summed E-state index contributed by atoms with van der Waals surface area (Å²) in [5.41, 5.74) is 7.60. The first kappa shape index (κ1) is 8.96. The van der Waals surface area contributed by atoms with Crippen LogP contribution in [-0.4, -0.2) is 17.2 Å². The van der Waals surface area contributed by atoms with E-state index in [1.54, 1.807) is 0 Å². The average molecular weight is 206 g/mol. The van der Waals surface area contributed by atoms with Gasteiger partial charge in [-0.1, -0.05) is 23.5 Å². The maximum absolute atomic E-state index is 5.52. The predicted molar refractivity (Wildman–Crippen MR) is 59.3 cm³/mol. The van der Waals surface area contributed by atoms with Crippen LogP contribution in [0.25, 0.3) is 10.6 Å². The van der Waals surface area contributed by atoms with Crippen LogP contribution in [0.4, 0.5) is 10.8 Å². The van der Waals surface area contributed by atoms with Crippen molar-refractivity contribution in [2.75, 3.05) is 18.1 Å². The molecule has 1 aromatic heterocycles. The average Bonchev–Trinajstić information content (AvgIpc) is 2.65. The fourth-order valence-corrected chi connectivity index (χ4v) is 1.77. The van der Waals surface area contributed by atoms with Crippen molar-refractivity contribution in [1.82, 2.24) is 10.2 Å². The van der Waals surface area contributed by atoms with Gasteiger partial charge >= 0.3 is 0 Å². The Kier molecular flexibility index (Phi) is 2.32. The molecule has 0 aliphatic heterocycles. The molecule has 2 aromatic rings. The van der Waals surface area contributed by atoms with E-state index in [0.717, 1.165) is 16.3 Å². The van der Waals surface area contributed by atoms with Crippen LogP contribution in [-0.2, 0) is 0 Å². The summed E-state index contributed by atoms with van der Waals surface area (Å²) in [5, 5.41) is 12.2. The van der Waals surface area contributed by atoms with Crippen molar-refractivity contribution in [1.29, 1.82) is 0 Å². The molecule has 0 saturated carbocycles. The molecule has 72 valence electrons. The van der Waals surface area contributed by atoms with E-state index < -0.39 is 0 Å². The molecule has 1 aromatic carbocycles. The zero-order valence-electron chi connectivity index (χ0n) is 7.69. The van der Waals surface area contributed by atoms with Gasteiger partial charge in [0, 0.05) is 18.3 Å². The molecule has 0 atom stereocenters. The van der Waals surface area contributed by atoms with E-state index in [9.17, 15) is 0 Å². The Balaban J connectivity index is 2.41. The highest BCUT2D eigenvalue weighted by atomic mass is 32.1. The Labute approximate surface area is 85.8 Å². The second-order valence-corrected chi connectivity index (χ2v) is 3.79.